The summed E-state index contributed by atoms with van der Waals surface area (Å²) in [6, 6.07) is 12.3. The third-order valence-electron chi connectivity index (χ3n) is 5.15. The molecular formula is C24H37N5O2. The molecule has 31 heavy (non-hydrogen) atoms. The lowest BCUT2D eigenvalue weighted by Crippen LogP contribution is -2.45. The van der Waals surface area contributed by atoms with Crippen molar-refractivity contribution < 1.29 is 9.21 Å². The van der Waals surface area contributed by atoms with Crippen molar-refractivity contribution in [2.75, 3.05) is 40.3 Å². The summed E-state index contributed by atoms with van der Waals surface area (Å²) >= 11 is 0. The molecule has 7 nitrogen and oxygen atoms in total. The van der Waals surface area contributed by atoms with E-state index in [9.17, 15) is 4.79 Å². The Balaban J connectivity index is 2.07. The number of aliphatic imine (C=N–C) groups is 1. The molecule has 0 aliphatic heterocycles. The van der Waals surface area contributed by atoms with Gasteiger partial charge in [0.15, 0.2) is 5.96 Å². The van der Waals surface area contributed by atoms with Gasteiger partial charge in [-0.25, -0.2) is 4.99 Å². The summed E-state index contributed by atoms with van der Waals surface area (Å²) in [5.41, 5.74) is 2.41. The van der Waals surface area contributed by atoms with Gasteiger partial charge in [-0.05, 0) is 51.1 Å². The van der Waals surface area contributed by atoms with Gasteiger partial charge in [0.2, 0.25) is 5.91 Å². The predicted octanol–water partition coefficient (Wildman–Crippen LogP) is 3.18. The highest BCUT2D eigenvalue weighted by Gasteiger charge is 2.15. The molecule has 1 heterocycles. The van der Waals surface area contributed by atoms with Gasteiger partial charge in [0.1, 0.15) is 5.76 Å². The van der Waals surface area contributed by atoms with Crippen molar-refractivity contribution in [1.29, 1.82) is 0 Å². The Labute approximate surface area is 186 Å². The number of hydrogen-bond acceptors (Lipinski definition) is 4. The molecule has 0 unspecified atom stereocenters. The van der Waals surface area contributed by atoms with E-state index in [1.807, 2.05) is 55.8 Å². The smallest absolute Gasteiger partial charge is 0.242 e. The van der Waals surface area contributed by atoms with E-state index in [2.05, 4.69) is 35.5 Å². The quantitative estimate of drug-likeness (QED) is 0.441. The number of amides is 1. The molecule has 7 heteroatoms. The van der Waals surface area contributed by atoms with Gasteiger partial charge in [-0.2, -0.15) is 0 Å². The highest BCUT2D eigenvalue weighted by atomic mass is 16.3. The molecular weight excluding hydrogens is 390 g/mol. The minimum Gasteiger partial charge on any atom is -0.468 e. The Hall–Kier alpha value is -2.80. The van der Waals surface area contributed by atoms with Crippen LogP contribution in [0, 0.1) is 0 Å². The van der Waals surface area contributed by atoms with Crippen LogP contribution in [-0.2, 0) is 24.4 Å². The zero-order valence-corrected chi connectivity index (χ0v) is 19.6. The molecule has 0 fully saturated rings. The van der Waals surface area contributed by atoms with Crippen molar-refractivity contribution in [1.82, 2.24) is 20.0 Å². The van der Waals surface area contributed by atoms with Crippen molar-refractivity contribution in [3.63, 3.8) is 0 Å². The Bertz CT molecular complexity index is 815. The summed E-state index contributed by atoms with van der Waals surface area (Å²) in [5.74, 6) is 1.80. The summed E-state index contributed by atoms with van der Waals surface area (Å²) in [4.78, 5) is 23.3. The number of likely N-dealkylation sites (N-methyl/N-ethyl adjacent to an activating group) is 2. The van der Waals surface area contributed by atoms with E-state index >= 15 is 0 Å². The van der Waals surface area contributed by atoms with Gasteiger partial charge in [-0.1, -0.05) is 24.3 Å². The third-order valence-corrected chi connectivity index (χ3v) is 5.15. The van der Waals surface area contributed by atoms with Crippen LogP contribution in [-0.4, -0.2) is 66.8 Å². The molecule has 2 aromatic rings. The Kier molecular flexibility index (Phi) is 10.1. The van der Waals surface area contributed by atoms with E-state index in [0.29, 0.717) is 13.1 Å². The van der Waals surface area contributed by atoms with Crippen molar-refractivity contribution in [2.24, 2.45) is 4.99 Å². The number of rotatable bonds is 11. The first kappa shape index (κ1) is 24.5. The zero-order valence-electron chi connectivity index (χ0n) is 19.6. The maximum absolute atomic E-state index is 12.5. The molecule has 1 aromatic heterocycles. The first-order valence-electron chi connectivity index (χ1n) is 11.0. The van der Waals surface area contributed by atoms with Gasteiger partial charge in [0.25, 0.3) is 0 Å². The third kappa shape index (κ3) is 7.75. The van der Waals surface area contributed by atoms with Crippen LogP contribution >= 0.6 is 0 Å². The van der Waals surface area contributed by atoms with E-state index in [4.69, 9.17) is 9.41 Å². The van der Waals surface area contributed by atoms with Crippen LogP contribution in [0.1, 0.15) is 37.7 Å². The number of benzene rings is 1. The van der Waals surface area contributed by atoms with Gasteiger partial charge in [-0.3, -0.25) is 9.69 Å². The van der Waals surface area contributed by atoms with E-state index in [1.165, 1.54) is 11.1 Å². The molecule has 1 amide bonds. The fourth-order valence-corrected chi connectivity index (χ4v) is 3.47. The van der Waals surface area contributed by atoms with Gasteiger partial charge >= 0.3 is 0 Å². The largest absolute Gasteiger partial charge is 0.468 e. The standard InChI is InChI=1S/C24H37N5O2/c1-6-25-24(28(5)19-23(30)29(7-2)8-3)26-16-20-12-9-10-13-21(20)17-27(4)18-22-14-11-15-31-22/h9-15H,6-8,16-19H2,1-5H3,(H,25,26). The van der Waals surface area contributed by atoms with Crippen molar-refractivity contribution >= 4 is 11.9 Å². The van der Waals surface area contributed by atoms with Crippen LogP contribution in [0.4, 0.5) is 0 Å². The average Bonchev–Trinajstić information content (AvgIpc) is 3.25. The monoisotopic (exact) mass is 427 g/mol. The number of carbonyl (C=O) groups is 1. The molecule has 0 aliphatic carbocycles. The van der Waals surface area contributed by atoms with E-state index < -0.39 is 0 Å². The van der Waals surface area contributed by atoms with Gasteiger partial charge in [0, 0.05) is 33.2 Å². The van der Waals surface area contributed by atoms with Crippen LogP contribution in [0.15, 0.2) is 52.1 Å². The normalized spacial score (nSPS) is 11.6. The van der Waals surface area contributed by atoms with Gasteiger partial charge in [0.05, 0.1) is 25.9 Å². The Morgan fingerprint density at radius 3 is 2.32 bits per heavy atom. The number of carbonyl (C=O) groups excluding carboxylic acids is 1. The van der Waals surface area contributed by atoms with Crippen molar-refractivity contribution in [3.8, 4) is 0 Å². The lowest BCUT2D eigenvalue weighted by molar-refractivity contribution is -0.131. The minimum atomic E-state index is 0.109. The summed E-state index contributed by atoms with van der Waals surface area (Å²) in [6.07, 6.45) is 1.70. The number of hydrogen-bond donors (Lipinski definition) is 1. The van der Waals surface area contributed by atoms with Crippen LogP contribution in [0.3, 0.4) is 0 Å². The first-order chi connectivity index (χ1) is 15.0. The minimum absolute atomic E-state index is 0.109. The summed E-state index contributed by atoms with van der Waals surface area (Å²) in [7, 11) is 3.99. The average molecular weight is 428 g/mol. The van der Waals surface area contributed by atoms with Crippen LogP contribution in [0.25, 0.3) is 0 Å². The van der Waals surface area contributed by atoms with Crippen LogP contribution in [0.2, 0.25) is 0 Å². The second-order valence-electron chi connectivity index (χ2n) is 7.61. The first-order valence-corrected chi connectivity index (χ1v) is 11.0. The molecule has 0 saturated carbocycles. The van der Waals surface area contributed by atoms with Crippen molar-refractivity contribution in [2.45, 2.75) is 40.4 Å². The topological polar surface area (TPSA) is 64.3 Å². The molecule has 0 bridgehead atoms. The zero-order chi connectivity index (χ0) is 22.6. The maximum atomic E-state index is 12.5. The second kappa shape index (κ2) is 12.8. The molecule has 0 saturated heterocycles. The van der Waals surface area contributed by atoms with Crippen LogP contribution in [0.5, 0.6) is 0 Å². The van der Waals surface area contributed by atoms with E-state index in [-0.39, 0.29) is 5.91 Å². The highest BCUT2D eigenvalue weighted by Crippen LogP contribution is 2.14. The SMILES string of the molecule is CCNC(=NCc1ccccc1CN(C)Cc1ccco1)N(C)CC(=O)N(CC)CC. The van der Waals surface area contributed by atoms with Gasteiger partial charge < -0.3 is 19.5 Å². The summed E-state index contributed by atoms with van der Waals surface area (Å²) in [6.45, 7) is 10.6. The maximum Gasteiger partial charge on any atom is 0.242 e. The summed E-state index contributed by atoms with van der Waals surface area (Å²) in [5, 5.41) is 3.31. The number of nitrogens with one attached hydrogen (secondary N) is 1. The highest BCUT2D eigenvalue weighted by molar-refractivity contribution is 5.86. The number of furan rings is 1. The van der Waals surface area contributed by atoms with Crippen molar-refractivity contribution in [3.05, 3.63) is 59.5 Å². The predicted molar refractivity (Wildman–Crippen MR) is 126 cm³/mol. The molecule has 0 aliphatic rings. The fraction of sp³-hybridized carbons (Fsp3) is 0.500. The molecule has 0 spiro atoms. The molecule has 170 valence electrons. The lowest BCUT2D eigenvalue weighted by Gasteiger charge is -2.25. The number of guanidine groups is 1. The van der Waals surface area contributed by atoms with Crippen LogP contribution < -0.4 is 5.32 Å². The van der Waals surface area contributed by atoms with Gasteiger partial charge in [-0.15, -0.1) is 0 Å². The fourth-order valence-electron chi connectivity index (χ4n) is 3.47. The summed E-state index contributed by atoms with van der Waals surface area (Å²) < 4.78 is 5.46. The van der Waals surface area contributed by atoms with E-state index in [0.717, 1.165) is 44.4 Å². The molecule has 1 N–H and O–H groups in total. The molecule has 2 rings (SSSR count). The second-order valence-corrected chi connectivity index (χ2v) is 7.61. The molecule has 0 radical (unpaired) electrons. The molecule has 1 aromatic carbocycles. The Morgan fingerprint density at radius 1 is 1.00 bits per heavy atom. The lowest BCUT2D eigenvalue weighted by atomic mass is 10.1. The number of nitrogens with zero attached hydrogens (tertiary/aromatic N) is 4. The molecule has 0 atom stereocenters. The van der Waals surface area contributed by atoms with E-state index in [1.54, 1.807) is 6.26 Å². The Morgan fingerprint density at radius 2 is 1.71 bits per heavy atom.